The Hall–Kier alpha value is -3.94. The SMILES string of the molecule is O=C1C(c2ccccc2)=C(c2ccccc2)C(=O)N1[C@@H]1CC[C@@]2(O)[C@@H]3Cc4ccc(O)c5c4[C@@]2(CCN3CC2CC2)[C@H]1O5. The first-order valence-electron chi connectivity index (χ1n) is 15.6. The molecule has 1 spiro atoms. The van der Waals surface area contributed by atoms with Gasteiger partial charge in [0.05, 0.1) is 28.2 Å². The van der Waals surface area contributed by atoms with Crippen molar-refractivity contribution in [1.29, 1.82) is 0 Å². The van der Waals surface area contributed by atoms with E-state index < -0.39 is 23.2 Å². The van der Waals surface area contributed by atoms with Gasteiger partial charge in [-0.15, -0.1) is 0 Å². The zero-order valence-electron chi connectivity index (χ0n) is 23.9. The third kappa shape index (κ3) is 3.27. The van der Waals surface area contributed by atoms with E-state index in [1.165, 1.54) is 17.7 Å². The van der Waals surface area contributed by atoms with Gasteiger partial charge >= 0.3 is 0 Å². The molecule has 3 aromatic rings. The van der Waals surface area contributed by atoms with Crippen molar-refractivity contribution in [2.24, 2.45) is 5.92 Å². The second-order valence-corrected chi connectivity index (χ2v) is 13.4. The van der Waals surface area contributed by atoms with Crippen LogP contribution in [0.25, 0.3) is 11.1 Å². The lowest BCUT2D eigenvalue weighted by Crippen LogP contribution is -2.78. The highest BCUT2D eigenvalue weighted by atomic mass is 16.5. The largest absolute Gasteiger partial charge is 0.504 e. The van der Waals surface area contributed by atoms with Gasteiger partial charge in [-0.1, -0.05) is 66.7 Å². The Kier molecular flexibility index (Phi) is 5.23. The minimum absolute atomic E-state index is 0.0506. The Morgan fingerprint density at radius 3 is 2.12 bits per heavy atom. The fraction of sp³-hybridized carbons (Fsp3) is 0.389. The quantitative estimate of drug-likeness (QED) is 0.442. The molecule has 9 rings (SSSR count). The molecule has 1 saturated heterocycles. The Morgan fingerprint density at radius 2 is 1.49 bits per heavy atom. The lowest BCUT2D eigenvalue weighted by molar-refractivity contribution is -0.201. The van der Waals surface area contributed by atoms with E-state index >= 15 is 0 Å². The molecule has 3 aliphatic heterocycles. The topological polar surface area (TPSA) is 90.3 Å². The van der Waals surface area contributed by atoms with Crippen molar-refractivity contribution in [2.75, 3.05) is 13.1 Å². The average Bonchev–Trinajstić information content (AvgIpc) is 3.71. The number of amides is 2. The number of carbonyl (C=O) groups excluding carboxylic acids is 2. The summed E-state index contributed by atoms with van der Waals surface area (Å²) in [5, 5.41) is 23.9. The van der Waals surface area contributed by atoms with Crippen LogP contribution in [-0.2, 0) is 21.4 Å². The van der Waals surface area contributed by atoms with Crippen LogP contribution in [-0.4, -0.2) is 68.7 Å². The highest BCUT2D eigenvalue weighted by molar-refractivity contribution is 6.49. The normalized spacial score (nSPS) is 32.7. The summed E-state index contributed by atoms with van der Waals surface area (Å²) in [6.45, 7) is 1.81. The van der Waals surface area contributed by atoms with E-state index in [1.807, 2.05) is 66.7 Å². The number of phenols is 1. The summed E-state index contributed by atoms with van der Waals surface area (Å²) in [6.07, 6.45) is 4.08. The van der Waals surface area contributed by atoms with Crippen LogP contribution in [0.4, 0.5) is 0 Å². The van der Waals surface area contributed by atoms with Gasteiger partial charge < -0.3 is 14.9 Å². The molecule has 218 valence electrons. The molecule has 6 aliphatic rings. The molecule has 0 aromatic heterocycles. The summed E-state index contributed by atoms with van der Waals surface area (Å²) in [5.74, 6) is 0.504. The number of aliphatic hydroxyl groups is 1. The molecular weight excluding hydrogens is 540 g/mol. The smallest absolute Gasteiger partial charge is 0.262 e. The predicted octanol–water partition coefficient (Wildman–Crippen LogP) is 4.30. The molecule has 43 heavy (non-hydrogen) atoms. The molecule has 7 heteroatoms. The first-order valence-corrected chi connectivity index (χ1v) is 15.6. The van der Waals surface area contributed by atoms with Gasteiger partial charge in [0.1, 0.15) is 6.10 Å². The number of nitrogens with zero attached hydrogens (tertiary/aromatic N) is 2. The lowest BCUT2D eigenvalue weighted by atomic mass is 9.48. The lowest BCUT2D eigenvalue weighted by Gasteiger charge is -2.64. The molecule has 0 unspecified atom stereocenters. The summed E-state index contributed by atoms with van der Waals surface area (Å²) in [6, 6.07) is 21.8. The first kappa shape index (κ1) is 25.5. The van der Waals surface area contributed by atoms with Crippen molar-refractivity contribution >= 4 is 23.0 Å². The van der Waals surface area contributed by atoms with Gasteiger partial charge in [0, 0.05) is 18.2 Å². The fourth-order valence-corrected chi connectivity index (χ4v) is 9.31. The number of phenolic OH excluding ortho intramolecular Hbond substituents is 1. The number of imide groups is 1. The molecular formula is C36H34N2O5. The summed E-state index contributed by atoms with van der Waals surface area (Å²) in [5.41, 5.74) is 2.29. The van der Waals surface area contributed by atoms with E-state index in [4.69, 9.17) is 4.74 Å². The molecule has 2 amide bonds. The molecule has 3 aromatic carbocycles. The molecule has 3 heterocycles. The van der Waals surface area contributed by atoms with Crippen molar-refractivity contribution in [1.82, 2.24) is 9.80 Å². The maximum atomic E-state index is 14.5. The van der Waals surface area contributed by atoms with Crippen molar-refractivity contribution < 1.29 is 24.5 Å². The van der Waals surface area contributed by atoms with Crippen molar-refractivity contribution in [3.63, 3.8) is 0 Å². The molecule has 2 saturated carbocycles. The zero-order valence-corrected chi connectivity index (χ0v) is 23.9. The molecule has 3 aliphatic carbocycles. The minimum Gasteiger partial charge on any atom is -0.504 e. The number of aromatic hydroxyl groups is 1. The van der Waals surface area contributed by atoms with Crippen LogP contribution in [0.2, 0.25) is 0 Å². The summed E-state index contributed by atoms with van der Waals surface area (Å²) < 4.78 is 6.71. The van der Waals surface area contributed by atoms with Gasteiger partial charge in [0.2, 0.25) is 0 Å². The van der Waals surface area contributed by atoms with Crippen LogP contribution in [0, 0.1) is 5.92 Å². The Morgan fingerprint density at radius 1 is 0.837 bits per heavy atom. The molecule has 0 radical (unpaired) electrons. The van der Waals surface area contributed by atoms with Gasteiger partial charge in [-0.05, 0) is 73.7 Å². The third-order valence-electron chi connectivity index (χ3n) is 11.3. The summed E-state index contributed by atoms with van der Waals surface area (Å²) in [4.78, 5) is 32.9. The van der Waals surface area contributed by atoms with Crippen molar-refractivity contribution in [3.8, 4) is 11.5 Å². The maximum Gasteiger partial charge on any atom is 0.262 e. The third-order valence-corrected chi connectivity index (χ3v) is 11.3. The molecule has 2 bridgehead atoms. The predicted molar refractivity (Wildman–Crippen MR) is 160 cm³/mol. The Balaban J connectivity index is 1.18. The number of hydrogen-bond donors (Lipinski definition) is 2. The number of piperidine rings is 1. The second kappa shape index (κ2) is 8.80. The van der Waals surface area contributed by atoms with Crippen LogP contribution < -0.4 is 4.74 Å². The Bertz CT molecular complexity index is 1650. The van der Waals surface area contributed by atoms with Gasteiger partial charge in [-0.25, -0.2) is 0 Å². The fourth-order valence-electron chi connectivity index (χ4n) is 9.31. The highest BCUT2D eigenvalue weighted by Crippen LogP contribution is 2.66. The van der Waals surface area contributed by atoms with Gasteiger partial charge in [0.15, 0.2) is 11.5 Å². The van der Waals surface area contributed by atoms with E-state index in [9.17, 15) is 19.8 Å². The van der Waals surface area contributed by atoms with E-state index in [0.717, 1.165) is 24.2 Å². The number of likely N-dealkylation sites (tertiary alicyclic amines) is 1. The van der Waals surface area contributed by atoms with Crippen molar-refractivity contribution in [2.45, 2.75) is 67.7 Å². The van der Waals surface area contributed by atoms with E-state index in [-0.39, 0.29) is 23.6 Å². The number of carbonyl (C=O) groups is 2. The van der Waals surface area contributed by atoms with Crippen LogP contribution in [0.1, 0.15) is 54.4 Å². The summed E-state index contributed by atoms with van der Waals surface area (Å²) in [7, 11) is 0. The van der Waals surface area contributed by atoms with E-state index in [1.54, 1.807) is 6.07 Å². The van der Waals surface area contributed by atoms with E-state index in [2.05, 4.69) is 4.90 Å². The van der Waals surface area contributed by atoms with Crippen LogP contribution in [0.15, 0.2) is 72.8 Å². The zero-order chi connectivity index (χ0) is 29.1. The van der Waals surface area contributed by atoms with Crippen molar-refractivity contribution in [3.05, 3.63) is 95.1 Å². The van der Waals surface area contributed by atoms with Gasteiger partial charge in [0.25, 0.3) is 11.8 Å². The van der Waals surface area contributed by atoms with E-state index in [0.29, 0.717) is 59.6 Å². The minimum atomic E-state index is -1.09. The van der Waals surface area contributed by atoms with Crippen LogP contribution >= 0.6 is 0 Å². The molecule has 3 fully saturated rings. The van der Waals surface area contributed by atoms with Crippen LogP contribution in [0.5, 0.6) is 11.5 Å². The highest BCUT2D eigenvalue weighted by Gasteiger charge is 2.74. The molecule has 2 N–H and O–H groups in total. The number of hydrogen-bond acceptors (Lipinski definition) is 6. The monoisotopic (exact) mass is 574 g/mol. The molecule has 7 nitrogen and oxygen atoms in total. The first-order chi connectivity index (χ1) is 20.9. The number of rotatable bonds is 5. The maximum absolute atomic E-state index is 14.5. The summed E-state index contributed by atoms with van der Waals surface area (Å²) >= 11 is 0. The average molecular weight is 575 g/mol. The standard InChI is InChI=1S/C36H34N2O5/c39-26-14-13-24-19-27-36(42)16-15-25(32-35(36,30(24)31(26)43-32)17-18-37(27)20-21-11-12-21)38-33(40)28(22-7-3-1-4-8-22)29(34(38)41)23-9-5-2-6-10-23/h1-10,13-14,21,25,27,32,39,42H,11-12,15-20H2/t25-,27+,32+,35+,36-/m1/s1. The number of ether oxygens (including phenoxy) is 1. The molecule has 5 atom stereocenters. The second-order valence-electron chi connectivity index (χ2n) is 13.4. The number of benzene rings is 3. The van der Waals surface area contributed by atoms with Gasteiger partial charge in [-0.3, -0.25) is 19.4 Å². The Labute approximate surface area is 250 Å². The van der Waals surface area contributed by atoms with Crippen LogP contribution in [0.3, 0.4) is 0 Å². The van der Waals surface area contributed by atoms with Gasteiger partial charge in [-0.2, -0.15) is 0 Å².